The number of rotatable bonds is 1. The summed E-state index contributed by atoms with van der Waals surface area (Å²) < 4.78 is 48.3. The van der Waals surface area contributed by atoms with Crippen molar-refractivity contribution in [1.29, 1.82) is 0 Å². The lowest BCUT2D eigenvalue weighted by Gasteiger charge is -2.46. The van der Waals surface area contributed by atoms with E-state index in [1.54, 1.807) is 0 Å². The molecular formula is C18H21BF4N4O2. The van der Waals surface area contributed by atoms with E-state index >= 15 is 0 Å². The number of ether oxygens (including phenoxy) is 1. The normalized spacial score (nSPS) is 42.2. The largest absolute Gasteiger partial charge is 0.673 e. The van der Waals surface area contributed by atoms with Crippen molar-refractivity contribution in [2.24, 2.45) is 42.6 Å². The first-order chi connectivity index (χ1) is 13.7. The standard InChI is InChI=1S/C18H21N4O2.BF4/c1-21-16-18(17(23)24-2)12-6-5-10(8-12)14(18)13-9-3-4-11(7-9)15(13)22(16)20-19-21;2-1(3,4)5/h3-6,9-15H,7-8H2,1-2H3;/q+1;-1/t9-,10-,11+,12+,13-,14-,15-,18+;/m1./s1. The van der Waals surface area contributed by atoms with Crippen LogP contribution in [-0.2, 0) is 22.0 Å². The van der Waals surface area contributed by atoms with Gasteiger partial charge in [-0.1, -0.05) is 29.0 Å². The Morgan fingerprint density at radius 2 is 1.83 bits per heavy atom. The van der Waals surface area contributed by atoms with E-state index in [1.807, 2.05) is 11.7 Å². The van der Waals surface area contributed by atoms with Gasteiger partial charge in [0.25, 0.3) is 5.82 Å². The quantitative estimate of drug-likeness (QED) is 0.233. The van der Waals surface area contributed by atoms with Crippen molar-refractivity contribution in [2.45, 2.75) is 24.3 Å². The lowest BCUT2D eigenvalue weighted by atomic mass is 9.57. The molecule has 2 saturated carbocycles. The zero-order chi connectivity index (χ0) is 20.7. The minimum absolute atomic E-state index is 0.103. The molecule has 6 nitrogen and oxygen atoms in total. The SMILES string of the molecule is COC(=O)[C@]12c3n(nn[n+]3C)[C@H]3[C@@H]([C@H]1[C@@H]1C=C[C@H]2C1)[C@@H]1C=C[C@H]3C1.F[B-](F)(F)F. The van der Waals surface area contributed by atoms with Crippen molar-refractivity contribution in [2.75, 3.05) is 7.11 Å². The molecule has 0 unspecified atom stereocenters. The molecule has 0 amide bonds. The summed E-state index contributed by atoms with van der Waals surface area (Å²) in [6, 6.07) is 0.347. The van der Waals surface area contributed by atoms with Gasteiger partial charge in [0.2, 0.25) is 0 Å². The predicted octanol–water partition coefficient (Wildman–Crippen LogP) is 2.01. The molecule has 1 aromatic heterocycles. The van der Waals surface area contributed by atoms with Crippen molar-refractivity contribution in [3.63, 3.8) is 0 Å². The van der Waals surface area contributed by atoms with Crippen molar-refractivity contribution in [3.8, 4) is 0 Å². The second-order valence-corrected chi connectivity index (χ2v) is 8.66. The molecule has 11 heteroatoms. The summed E-state index contributed by atoms with van der Waals surface area (Å²) in [6.45, 7) is 0. The topological polar surface area (TPSA) is 60.9 Å². The number of carbonyl (C=O) groups excluding carboxylic acids is 1. The van der Waals surface area contributed by atoms with Crippen LogP contribution in [-0.4, -0.2) is 35.4 Å². The molecule has 0 N–H and O–H groups in total. The van der Waals surface area contributed by atoms with Gasteiger partial charge >= 0.3 is 13.2 Å². The van der Waals surface area contributed by atoms with Crippen LogP contribution in [0.2, 0.25) is 0 Å². The highest BCUT2D eigenvalue weighted by Crippen LogP contribution is 2.69. The van der Waals surface area contributed by atoms with Crippen molar-refractivity contribution in [3.05, 3.63) is 30.1 Å². The Bertz CT molecular complexity index is 925. The fraction of sp³-hybridized carbons (Fsp3) is 0.667. The molecule has 2 fully saturated rings. The van der Waals surface area contributed by atoms with Crippen LogP contribution in [0.1, 0.15) is 24.7 Å². The molecule has 8 atom stereocenters. The zero-order valence-electron chi connectivity index (χ0n) is 16.0. The minimum Gasteiger partial charge on any atom is -0.468 e. The van der Waals surface area contributed by atoms with Gasteiger partial charge in [-0.3, -0.25) is 4.79 Å². The molecule has 156 valence electrons. The van der Waals surface area contributed by atoms with Gasteiger partial charge in [-0.2, -0.15) is 0 Å². The molecule has 4 bridgehead atoms. The van der Waals surface area contributed by atoms with Crippen LogP contribution in [0.3, 0.4) is 0 Å². The summed E-state index contributed by atoms with van der Waals surface area (Å²) in [5.74, 6) is 3.39. The van der Waals surface area contributed by atoms with Gasteiger partial charge in [0, 0.05) is 17.8 Å². The number of esters is 1. The molecule has 29 heavy (non-hydrogen) atoms. The molecule has 0 aromatic carbocycles. The van der Waals surface area contributed by atoms with Crippen molar-refractivity contribution >= 4 is 13.2 Å². The smallest absolute Gasteiger partial charge is 0.468 e. The van der Waals surface area contributed by atoms with Gasteiger partial charge in [0.05, 0.1) is 14.2 Å². The summed E-state index contributed by atoms with van der Waals surface area (Å²) in [6.07, 6.45) is 11.6. The van der Waals surface area contributed by atoms with Crippen LogP contribution in [0.5, 0.6) is 0 Å². The Morgan fingerprint density at radius 3 is 2.52 bits per heavy atom. The van der Waals surface area contributed by atoms with Gasteiger partial charge < -0.3 is 22.0 Å². The molecule has 1 aromatic rings. The molecule has 5 aliphatic rings. The Hall–Kier alpha value is -2.20. The zero-order valence-corrected chi connectivity index (χ0v) is 16.0. The number of halogens is 4. The first-order valence-electron chi connectivity index (χ1n) is 9.82. The Kier molecular flexibility index (Phi) is 3.84. The lowest BCUT2D eigenvalue weighted by molar-refractivity contribution is -0.742. The minimum atomic E-state index is -6.00. The highest BCUT2D eigenvalue weighted by molar-refractivity contribution is 6.50. The first-order valence-corrected chi connectivity index (χ1v) is 9.82. The van der Waals surface area contributed by atoms with Crippen LogP contribution >= 0.6 is 0 Å². The van der Waals surface area contributed by atoms with Gasteiger partial charge in [0.15, 0.2) is 10.6 Å². The first kappa shape index (κ1) is 18.8. The fourth-order valence-electron chi connectivity index (χ4n) is 7.02. The third-order valence-corrected chi connectivity index (χ3v) is 7.55. The number of nitrogens with zero attached hydrogens (tertiary/aromatic N) is 4. The number of allylic oxidation sites excluding steroid dienone is 4. The molecule has 6 rings (SSSR count). The number of aryl methyl sites for hydroxylation is 1. The Balaban J connectivity index is 0.000000328. The average Bonchev–Trinajstić information content (AvgIpc) is 3.44. The summed E-state index contributed by atoms with van der Waals surface area (Å²) >= 11 is 0. The van der Waals surface area contributed by atoms with E-state index in [2.05, 4.69) is 39.4 Å². The van der Waals surface area contributed by atoms with Crippen molar-refractivity contribution < 1.29 is 31.5 Å². The van der Waals surface area contributed by atoms with Crippen LogP contribution in [0.25, 0.3) is 0 Å². The third kappa shape index (κ3) is 2.35. The highest BCUT2D eigenvalue weighted by atomic mass is 19.5. The van der Waals surface area contributed by atoms with Crippen LogP contribution in [0, 0.1) is 35.5 Å². The summed E-state index contributed by atoms with van der Waals surface area (Å²) in [5, 5.41) is 8.81. The molecule has 2 heterocycles. The number of hydrogen-bond acceptors (Lipinski definition) is 4. The Morgan fingerprint density at radius 1 is 1.17 bits per heavy atom. The van der Waals surface area contributed by atoms with E-state index in [-0.39, 0.29) is 11.9 Å². The number of aromatic nitrogens is 4. The number of methoxy groups -OCH3 is 1. The summed E-state index contributed by atoms with van der Waals surface area (Å²) in [7, 11) is -2.57. The molecule has 0 saturated heterocycles. The summed E-state index contributed by atoms with van der Waals surface area (Å²) in [4.78, 5) is 13.2. The van der Waals surface area contributed by atoms with Crippen LogP contribution in [0.15, 0.2) is 24.3 Å². The maximum Gasteiger partial charge on any atom is 0.673 e. The van der Waals surface area contributed by atoms with E-state index < -0.39 is 12.7 Å². The maximum absolute atomic E-state index is 13.2. The van der Waals surface area contributed by atoms with Crippen LogP contribution < -0.4 is 4.68 Å². The number of hydrogen-bond donors (Lipinski definition) is 0. The number of tetrazole rings is 1. The van der Waals surface area contributed by atoms with Gasteiger partial charge in [-0.25, -0.2) is 0 Å². The number of fused-ring (bicyclic) bond motifs is 14. The second kappa shape index (κ2) is 5.92. The summed E-state index contributed by atoms with van der Waals surface area (Å²) in [5.41, 5.74) is -0.619. The van der Waals surface area contributed by atoms with Gasteiger partial charge in [-0.05, 0) is 30.6 Å². The van der Waals surface area contributed by atoms with E-state index in [9.17, 15) is 22.1 Å². The third-order valence-electron chi connectivity index (χ3n) is 7.55. The van der Waals surface area contributed by atoms with E-state index in [0.717, 1.165) is 12.2 Å². The maximum atomic E-state index is 13.2. The van der Waals surface area contributed by atoms with Gasteiger partial charge in [-0.15, -0.1) is 4.68 Å². The molecule has 0 spiro atoms. The highest BCUT2D eigenvalue weighted by Gasteiger charge is 2.75. The molecule has 1 aliphatic heterocycles. The molecule has 4 aliphatic carbocycles. The Labute approximate surface area is 164 Å². The van der Waals surface area contributed by atoms with Crippen molar-refractivity contribution in [1.82, 2.24) is 15.1 Å². The fourth-order valence-corrected chi connectivity index (χ4v) is 7.02. The van der Waals surface area contributed by atoms with E-state index in [4.69, 9.17) is 4.74 Å². The van der Waals surface area contributed by atoms with E-state index in [0.29, 0.717) is 35.6 Å². The van der Waals surface area contributed by atoms with Crippen LogP contribution in [0.4, 0.5) is 17.3 Å². The van der Waals surface area contributed by atoms with E-state index in [1.165, 1.54) is 13.5 Å². The van der Waals surface area contributed by atoms with Gasteiger partial charge in [0.1, 0.15) is 11.3 Å². The molecule has 0 radical (unpaired) electrons. The molecular weight excluding hydrogens is 391 g/mol. The lowest BCUT2D eigenvalue weighted by Crippen LogP contribution is -2.61. The average molecular weight is 412 g/mol. The number of carbonyl (C=O) groups is 1. The second-order valence-electron chi connectivity index (χ2n) is 8.66. The monoisotopic (exact) mass is 412 g/mol. The predicted molar refractivity (Wildman–Crippen MR) is 92.6 cm³/mol.